The van der Waals surface area contributed by atoms with Crippen molar-refractivity contribution >= 4 is 11.9 Å². The molecule has 1 aromatic heterocycles. The number of H-pyrrole nitrogens is 1. The first-order valence-electron chi connectivity index (χ1n) is 5.37. The number of aliphatic carboxylic acids is 1. The molecule has 19 heavy (non-hydrogen) atoms. The van der Waals surface area contributed by atoms with Crippen LogP contribution in [0.5, 0.6) is 0 Å². The molecule has 1 unspecified atom stereocenters. The van der Waals surface area contributed by atoms with Crippen LogP contribution in [0.1, 0.15) is 6.42 Å². The Morgan fingerprint density at radius 2 is 2.11 bits per heavy atom. The van der Waals surface area contributed by atoms with E-state index < -0.39 is 42.3 Å². The van der Waals surface area contributed by atoms with Crippen molar-refractivity contribution in [2.24, 2.45) is 0 Å². The van der Waals surface area contributed by atoms with E-state index in [0.29, 0.717) is 0 Å². The van der Waals surface area contributed by atoms with Gasteiger partial charge in [0.2, 0.25) is 5.91 Å². The number of aliphatic hydroxyl groups is 1. The maximum atomic E-state index is 11.5. The van der Waals surface area contributed by atoms with Gasteiger partial charge in [-0.05, 0) is 0 Å². The van der Waals surface area contributed by atoms with E-state index in [9.17, 15) is 19.2 Å². The van der Waals surface area contributed by atoms with Crippen LogP contribution in [0.15, 0.2) is 21.9 Å². The first kappa shape index (κ1) is 14.6. The van der Waals surface area contributed by atoms with E-state index in [1.54, 1.807) is 0 Å². The summed E-state index contributed by atoms with van der Waals surface area (Å²) in [5.41, 5.74) is -1.36. The molecule has 0 bridgehead atoms. The number of amides is 1. The van der Waals surface area contributed by atoms with Crippen LogP contribution in [-0.4, -0.2) is 44.3 Å². The number of nitrogens with zero attached hydrogens (tertiary/aromatic N) is 1. The minimum atomic E-state index is -1.28. The highest BCUT2D eigenvalue weighted by molar-refractivity contribution is 5.83. The van der Waals surface area contributed by atoms with Crippen molar-refractivity contribution in [1.29, 1.82) is 0 Å². The highest BCUT2D eigenvalue weighted by Gasteiger charge is 2.19. The quantitative estimate of drug-likeness (QED) is 0.450. The van der Waals surface area contributed by atoms with Gasteiger partial charge in [0.05, 0.1) is 0 Å². The van der Waals surface area contributed by atoms with Crippen molar-refractivity contribution in [2.45, 2.75) is 19.0 Å². The lowest BCUT2D eigenvalue weighted by Crippen LogP contribution is -2.44. The SMILES string of the molecule is O=C(Cn1ccc(=O)[nH]c1=O)NC(CCO)C(=O)O. The molecule has 0 radical (unpaired) electrons. The van der Waals surface area contributed by atoms with Crippen molar-refractivity contribution in [2.75, 3.05) is 6.61 Å². The second-order valence-corrected chi connectivity index (χ2v) is 3.71. The minimum absolute atomic E-state index is 0.137. The third kappa shape index (κ3) is 4.39. The van der Waals surface area contributed by atoms with Gasteiger partial charge in [-0.3, -0.25) is 19.1 Å². The molecule has 0 aliphatic carbocycles. The number of nitrogens with one attached hydrogen (secondary N) is 2. The fourth-order valence-electron chi connectivity index (χ4n) is 1.35. The fourth-order valence-corrected chi connectivity index (χ4v) is 1.35. The third-order valence-corrected chi connectivity index (χ3v) is 2.26. The van der Waals surface area contributed by atoms with Gasteiger partial charge in [0.25, 0.3) is 5.56 Å². The van der Waals surface area contributed by atoms with Crippen molar-refractivity contribution in [3.8, 4) is 0 Å². The van der Waals surface area contributed by atoms with Gasteiger partial charge in [0.15, 0.2) is 0 Å². The zero-order chi connectivity index (χ0) is 14.4. The Labute approximate surface area is 106 Å². The van der Waals surface area contributed by atoms with Crippen molar-refractivity contribution in [3.05, 3.63) is 33.1 Å². The Hall–Kier alpha value is -2.42. The predicted molar refractivity (Wildman–Crippen MR) is 62.6 cm³/mol. The van der Waals surface area contributed by atoms with Crippen LogP contribution in [0.2, 0.25) is 0 Å². The summed E-state index contributed by atoms with van der Waals surface area (Å²) in [6, 6.07) is -0.159. The summed E-state index contributed by atoms with van der Waals surface area (Å²) in [4.78, 5) is 46.3. The normalized spacial score (nSPS) is 11.8. The summed E-state index contributed by atoms with van der Waals surface area (Å²) in [7, 11) is 0. The van der Waals surface area contributed by atoms with Crippen LogP contribution in [0.3, 0.4) is 0 Å². The molecule has 1 rings (SSSR count). The summed E-state index contributed by atoms with van der Waals surface area (Å²) in [5.74, 6) is -1.99. The lowest BCUT2D eigenvalue weighted by Gasteiger charge is -2.13. The summed E-state index contributed by atoms with van der Waals surface area (Å²) < 4.78 is 0.925. The first-order valence-corrected chi connectivity index (χ1v) is 5.37. The molecule has 0 saturated carbocycles. The van der Waals surface area contributed by atoms with E-state index in [1.165, 1.54) is 0 Å². The maximum absolute atomic E-state index is 11.5. The van der Waals surface area contributed by atoms with Gasteiger partial charge in [0.1, 0.15) is 12.6 Å². The Kier molecular flexibility index (Phi) is 5.01. The number of carbonyl (C=O) groups excluding carboxylic acids is 1. The number of aliphatic hydroxyl groups excluding tert-OH is 1. The zero-order valence-corrected chi connectivity index (χ0v) is 9.83. The molecule has 1 aromatic rings. The number of carbonyl (C=O) groups is 2. The highest BCUT2D eigenvalue weighted by Crippen LogP contribution is 1.92. The monoisotopic (exact) mass is 271 g/mol. The average molecular weight is 271 g/mol. The van der Waals surface area contributed by atoms with Crippen molar-refractivity contribution in [1.82, 2.24) is 14.9 Å². The summed E-state index contributed by atoms with van der Waals surface area (Å²) in [6.45, 7) is -0.819. The average Bonchev–Trinajstić information content (AvgIpc) is 2.32. The Morgan fingerprint density at radius 1 is 1.42 bits per heavy atom. The molecule has 104 valence electrons. The molecule has 0 aliphatic rings. The van der Waals surface area contributed by atoms with Crippen molar-refractivity contribution < 1.29 is 19.8 Å². The Balaban J connectivity index is 2.71. The molecule has 1 atom stereocenters. The van der Waals surface area contributed by atoms with Crippen LogP contribution >= 0.6 is 0 Å². The molecular formula is C10H13N3O6. The summed E-state index contributed by atoms with van der Waals surface area (Å²) in [6.07, 6.45) is 0.990. The van der Waals surface area contributed by atoms with Gasteiger partial charge in [-0.1, -0.05) is 0 Å². The van der Waals surface area contributed by atoms with Gasteiger partial charge >= 0.3 is 11.7 Å². The number of hydrogen-bond donors (Lipinski definition) is 4. The van der Waals surface area contributed by atoms with Crippen molar-refractivity contribution in [3.63, 3.8) is 0 Å². The van der Waals surface area contributed by atoms with Crippen LogP contribution < -0.4 is 16.6 Å². The largest absolute Gasteiger partial charge is 0.480 e. The molecule has 0 aliphatic heterocycles. The van der Waals surface area contributed by atoms with Gasteiger partial charge in [-0.25, -0.2) is 9.59 Å². The number of aromatic nitrogens is 2. The fraction of sp³-hybridized carbons (Fsp3) is 0.400. The molecule has 0 spiro atoms. The number of carboxylic acids is 1. The van der Waals surface area contributed by atoms with E-state index in [1.807, 2.05) is 4.98 Å². The molecule has 1 amide bonds. The van der Waals surface area contributed by atoms with Crippen LogP contribution in [0, 0.1) is 0 Å². The zero-order valence-electron chi connectivity index (χ0n) is 9.83. The highest BCUT2D eigenvalue weighted by atomic mass is 16.4. The molecular weight excluding hydrogens is 258 g/mol. The molecule has 4 N–H and O–H groups in total. The van der Waals surface area contributed by atoms with Crippen LogP contribution in [0.4, 0.5) is 0 Å². The Bertz CT molecular complexity index is 575. The molecule has 0 saturated heterocycles. The van der Waals surface area contributed by atoms with Gasteiger partial charge in [-0.15, -0.1) is 0 Å². The number of carboxylic acid groups (broad SMARTS) is 1. The second-order valence-electron chi connectivity index (χ2n) is 3.71. The molecule has 9 heteroatoms. The molecule has 0 aromatic carbocycles. The maximum Gasteiger partial charge on any atom is 0.328 e. The Morgan fingerprint density at radius 3 is 2.63 bits per heavy atom. The summed E-state index contributed by atoms with van der Waals surface area (Å²) in [5, 5.41) is 19.6. The summed E-state index contributed by atoms with van der Waals surface area (Å²) >= 11 is 0. The number of rotatable bonds is 6. The molecule has 9 nitrogen and oxygen atoms in total. The molecule has 0 fully saturated rings. The lowest BCUT2D eigenvalue weighted by molar-refractivity contribution is -0.142. The third-order valence-electron chi connectivity index (χ3n) is 2.26. The van der Waals surface area contributed by atoms with E-state index in [-0.39, 0.29) is 6.42 Å². The van der Waals surface area contributed by atoms with E-state index in [4.69, 9.17) is 10.2 Å². The standard InChI is InChI=1S/C10H13N3O6/c14-4-2-6(9(17)18)11-8(16)5-13-3-1-7(15)12-10(13)19/h1,3,6,14H,2,4-5H2,(H,11,16)(H,17,18)(H,12,15,19). The molecule has 1 heterocycles. The second kappa shape index (κ2) is 6.50. The van der Waals surface area contributed by atoms with Gasteiger partial charge in [-0.2, -0.15) is 0 Å². The van der Waals surface area contributed by atoms with Gasteiger partial charge in [0, 0.05) is 25.3 Å². The lowest BCUT2D eigenvalue weighted by atomic mass is 10.2. The smallest absolute Gasteiger partial charge is 0.328 e. The van der Waals surface area contributed by atoms with Gasteiger partial charge < -0.3 is 15.5 Å². The van der Waals surface area contributed by atoms with E-state index >= 15 is 0 Å². The number of aromatic amines is 1. The first-order chi connectivity index (χ1) is 8.93. The number of hydrogen-bond acceptors (Lipinski definition) is 5. The topological polar surface area (TPSA) is 141 Å². The van der Waals surface area contributed by atoms with E-state index in [0.717, 1.165) is 16.8 Å². The van der Waals surface area contributed by atoms with Crippen LogP contribution in [-0.2, 0) is 16.1 Å². The van der Waals surface area contributed by atoms with E-state index in [2.05, 4.69) is 5.32 Å². The minimum Gasteiger partial charge on any atom is -0.480 e. The van der Waals surface area contributed by atoms with Crippen LogP contribution in [0.25, 0.3) is 0 Å². The predicted octanol–water partition coefficient (Wildman–Crippen LogP) is -2.51.